The van der Waals surface area contributed by atoms with Gasteiger partial charge in [-0.2, -0.15) is 5.10 Å². The number of hydrazone groups is 1. The van der Waals surface area contributed by atoms with Crippen molar-refractivity contribution in [2.75, 3.05) is 5.32 Å². The normalized spacial score (nSPS) is 11.0. The van der Waals surface area contributed by atoms with Gasteiger partial charge in [-0.25, -0.2) is 0 Å². The molecule has 124 valence electrons. The van der Waals surface area contributed by atoms with Crippen LogP contribution >= 0.6 is 12.2 Å². The van der Waals surface area contributed by atoms with Gasteiger partial charge in [-0.3, -0.25) is 15.5 Å². The van der Waals surface area contributed by atoms with Gasteiger partial charge in [0.05, 0.1) is 16.2 Å². The molecule has 2 aromatic carbocycles. The van der Waals surface area contributed by atoms with Crippen LogP contribution in [-0.2, 0) is 0 Å². The fourth-order valence-corrected chi connectivity index (χ4v) is 2.39. The number of para-hydroxylation sites is 1. The topological polar surface area (TPSA) is 79.6 Å². The zero-order valence-corrected chi connectivity index (χ0v) is 14.5. The first-order chi connectivity index (χ1) is 11.4. The van der Waals surface area contributed by atoms with E-state index >= 15 is 0 Å². The van der Waals surface area contributed by atoms with E-state index in [9.17, 15) is 10.1 Å². The number of thiocarbonyl (C=S) groups is 1. The predicted octanol–water partition coefficient (Wildman–Crippen LogP) is 3.92. The van der Waals surface area contributed by atoms with E-state index in [0.717, 1.165) is 11.3 Å². The lowest BCUT2D eigenvalue weighted by Gasteiger charge is -2.11. The number of nitrogens with zero attached hydrogens (tertiary/aromatic N) is 2. The maximum atomic E-state index is 11.1. The number of anilines is 1. The maximum absolute atomic E-state index is 11.1. The predicted molar refractivity (Wildman–Crippen MR) is 101 cm³/mol. The number of aryl methyl sites for hydroxylation is 2. The molecule has 0 fully saturated rings. The van der Waals surface area contributed by atoms with Crippen LogP contribution in [0.5, 0.6) is 0 Å². The smallest absolute Gasteiger partial charge is 0.278 e. The van der Waals surface area contributed by atoms with Crippen molar-refractivity contribution >= 4 is 34.4 Å². The first kappa shape index (κ1) is 17.6. The molecule has 0 aliphatic rings. The van der Waals surface area contributed by atoms with Crippen LogP contribution in [0, 0.1) is 24.0 Å². The summed E-state index contributed by atoms with van der Waals surface area (Å²) in [6.07, 6.45) is 0. The van der Waals surface area contributed by atoms with Gasteiger partial charge in [0.1, 0.15) is 0 Å². The lowest BCUT2D eigenvalue weighted by atomic mass is 10.1. The van der Waals surface area contributed by atoms with Gasteiger partial charge < -0.3 is 5.32 Å². The summed E-state index contributed by atoms with van der Waals surface area (Å²) in [5.74, 6) is 0. The minimum Gasteiger partial charge on any atom is -0.331 e. The summed E-state index contributed by atoms with van der Waals surface area (Å²) in [6, 6.07) is 12.4. The Bertz CT molecular complexity index is 818. The van der Waals surface area contributed by atoms with E-state index in [1.807, 2.05) is 32.0 Å². The molecule has 0 aliphatic carbocycles. The molecule has 2 N–H and O–H groups in total. The zero-order valence-electron chi connectivity index (χ0n) is 13.7. The molecular weight excluding hydrogens is 324 g/mol. The fourth-order valence-electron chi connectivity index (χ4n) is 2.24. The summed E-state index contributed by atoms with van der Waals surface area (Å²) in [7, 11) is 0. The van der Waals surface area contributed by atoms with Gasteiger partial charge in [0.15, 0.2) is 5.11 Å². The van der Waals surface area contributed by atoms with Crippen LogP contribution in [0.15, 0.2) is 47.6 Å². The Morgan fingerprint density at radius 3 is 2.58 bits per heavy atom. The van der Waals surface area contributed by atoms with E-state index in [-0.39, 0.29) is 5.69 Å². The molecule has 0 radical (unpaired) electrons. The second-order valence-corrected chi connectivity index (χ2v) is 5.76. The Kier molecular flexibility index (Phi) is 5.59. The standard InChI is InChI=1S/C17H18N4O2S/c1-11-8-9-15(12(2)10-11)18-17(24)20-19-13(3)14-6-4-5-7-16(14)21(22)23/h4-10H,1-3H3,(H2,18,20,24)/b19-13-. The lowest BCUT2D eigenvalue weighted by molar-refractivity contribution is -0.385. The Morgan fingerprint density at radius 1 is 1.21 bits per heavy atom. The van der Waals surface area contributed by atoms with E-state index in [0.29, 0.717) is 16.4 Å². The van der Waals surface area contributed by atoms with E-state index in [1.165, 1.54) is 11.6 Å². The van der Waals surface area contributed by atoms with Crippen LogP contribution in [0.2, 0.25) is 0 Å². The second-order valence-electron chi connectivity index (χ2n) is 5.36. The molecule has 0 atom stereocenters. The largest absolute Gasteiger partial charge is 0.331 e. The molecule has 2 aromatic rings. The third-order valence-corrected chi connectivity index (χ3v) is 3.64. The van der Waals surface area contributed by atoms with Gasteiger partial charge in [-0.1, -0.05) is 29.8 Å². The van der Waals surface area contributed by atoms with Crippen LogP contribution in [0.1, 0.15) is 23.6 Å². The molecular formula is C17H18N4O2S. The van der Waals surface area contributed by atoms with Crippen molar-refractivity contribution in [2.45, 2.75) is 20.8 Å². The molecule has 0 saturated carbocycles. The molecule has 0 aliphatic heterocycles. The average Bonchev–Trinajstić information content (AvgIpc) is 2.55. The highest BCUT2D eigenvalue weighted by Gasteiger charge is 2.14. The summed E-state index contributed by atoms with van der Waals surface area (Å²) in [6.45, 7) is 5.70. The van der Waals surface area contributed by atoms with Gasteiger partial charge in [-0.05, 0) is 50.7 Å². The molecule has 2 rings (SSSR count). The number of nitrogens with one attached hydrogen (secondary N) is 2. The van der Waals surface area contributed by atoms with Gasteiger partial charge in [0, 0.05) is 11.8 Å². The molecule has 0 saturated heterocycles. The number of rotatable bonds is 4. The first-order valence-electron chi connectivity index (χ1n) is 7.31. The third-order valence-electron chi connectivity index (χ3n) is 3.45. The zero-order chi connectivity index (χ0) is 17.7. The summed E-state index contributed by atoms with van der Waals surface area (Å²) in [5, 5.41) is 18.6. The number of hydrogen-bond acceptors (Lipinski definition) is 4. The molecule has 0 spiro atoms. The third kappa shape index (κ3) is 4.36. The van der Waals surface area contributed by atoms with Crippen molar-refractivity contribution in [3.05, 3.63) is 69.3 Å². The van der Waals surface area contributed by atoms with E-state index in [2.05, 4.69) is 15.8 Å². The highest BCUT2D eigenvalue weighted by molar-refractivity contribution is 7.80. The molecule has 24 heavy (non-hydrogen) atoms. The molecule has 0 bridgehead atoms. The van der Waals surface area contributed by atoms with Crippen molar-refractivity contribution in [2.24, 2.45) is 5.10 Å². The van der Waals surface area contributed by atoms with Gasteiger partial charge >= 0.3 is 0 Å². The Labute approximate surface area is 145 Å². The summed E-state index contributed by atoms with van der Waals surface area (Å²) in [5.41, 5.74) is 6.78. The molecule has 0 aromatic heterocycles. The summed E-state index contributed by atoms with van der Waals surface area (Å²) >= 11 is 5.22. The number of nitro groups is 1. The molecule has 0 heterocycles. The van der Waals surface area contributed by atoms with E-state index in [4.69, 9.17) is 12.2 Å². The van der Waals surface area contributed by atoms with Crippen molar-refractivity contribution < 1.29 is 4.92 Å². The van der Waals surface area contributed by atoms with E-state index < -0.39 is 4.92 Å². The number of hydrogen-bond donors (Lipinski definition) is 2. The van der Waals surface area contributed by atoms with Crippen LogP contribution < -0.4 is 10.7 Å². The fraction of sp³-hybridized carbons (Fsp3) is 0.176. The molecule has 6 nitrogen and oxygen atoms in total. The monoisotopic (exact) mass is 342 g/mol. The van der Waals surface area contributed by atoms with Crippen LogP contribution in [0.25, 0.3) is 0 Å². The number of nitro benzene ring substituents is 1. The van der Waals surface area contributed by atoms with Crippen LogP contribution in [0.4, 0.5) is 11.4 Å². The molecule has 7 heteroatoms. The quantitative estimate of drug-likeness (QED) is 0.381. The summed E-state index contributed by atoms with van der Waals surface area (Å²) in [4.78, 5) is 10.6. The van der Waals surface area contributed by atoms with Gasteiger partial charge in [0.2, 0.25) is 0 Å². The first-order valence-corrected chi connectivity index (χ1v) is 7.71. The van der Waals surface area contributed by atoms with Crippen molar-refractivity contribution in [3.63, 3.8) is 0 Å². The average molecular weight is 342 g/mol. The van der Waals surface area contributed by atoms with Crippen molar-refractivity contribution in [3.8, 4) is 0 Å². The molecule has 0 amide bonds. The lowest BCUT2D eigenvalue weighted by Crippen LogP contribution is -2.25. The Balaban J connectivity index is 2.10. The van der Waals surface area contributed by atoms with Crippen LogP contribution in [-0.4, -0.2) is 15.7 Å². The van der Waals surface area contributed by atoms with Crippen molar-refractivity contribution in [1.29, 1.82) is 0 Å². The van der Waals surface area contributed by atoms with Crippen molar-refractivity contribution in [1.82, 2.24) is 5.43 Å². The van der Waals surface area contributed by atoms with Gasteiger partial charge in [0.25, 0.3) is 5.69 Å². The number of benzene rings is 2. The molecule has 0 unspecified atom stereocenters. The minimum absolute atomic E-state index is 0.00815. The second kappa shape index (κ2) is 7.65. The Morgan fingerprint density at radius 2 is 1.92 bits per heavy atom. The highest BCUT2D eigenvalue weighted by Crippen LogP contribution is 2.18. The van der Waals surface area contributed by atoms with Crippen LogP contribution in [0.3, 0.4) is 0 Å². The SMILES string of the molecule is C/C(=N/NC(=S)Nc1ccc(C)cc1C)c1ccccc1[N+](=O)[O-]. The summed E-state index contributed by atoms with van der Waals surface area (Å²) < 4.78 is 0. The highest BCUT2D eigenvalue weighted by atomic mass is 32.1. The van der Waals surface area contributed by atoms with Gasteiger partial charge in [-0.15, -0.1) is 0 Å². The maximum Gasteiger partial charge on any atom is 0.278 e. The minimum atomic E-state index is -0.430. The van der Waals surface area contributed by atoms with E-state index in [1.54, 1.807) is 25.1 Å². The Hall–Kier alpha value is -2.80.